The molecule has 1 aliphatic heterocycles. The van der Waals surface area contributed by atoms with Crippen LogP contribution in [0.3, 0.4) is 0 Å². The van der Waals surface area contributed by atoms with Crippen molar-refractivity contribution in [2.75, 3.05) is 23.3 Å². The van der Waals surface area contributed by atoms with E-state index in [-0.39, 0.29) is 17.5 Å². The van der Waals surface area contributed by atoms with Gasteiger partial charge in [0.1, 0.15) is 0 Å². The number of nitrogens with one attached hydrogen (secondary N) is 1. The number of hydrogen-bond donors (Lipinski definition) is 1. The molecular weight excluding hydrogens is 392 g/mol. The molecule has 0 spiro atoms. The number of hydrogen-bond acceptors (Lipinski definition) is 8. The fourth-order valence-corrected chi connectivity index (χ4v) is 4.38. The zero-order chi connectivity index (χ0) is 20.5. The highest BCUT2D eigenvalue weighted by Gasteiger charge is 2.27. The average molecular weight is 412 g/mol. The van der Waals surface area contributed by atoms with Crippen LogP contribution < -0.4 is 10.2 Å². The summed E-state index contributed by atoms with van der Waals surface area (Å²) in [5.74, 6) is 0.534. The zero-order valence-electron chi connectivity index (χ0n) is 16.1. The smallest absolute Gasteiger partial charge is 0.270 e. The quantitative estimate of drug-likeness (QED) is 0.515. The molecule has 4 rings (SSSR count). The lowest BCUT2D eigenvalue weighted by molar-refractivity contribution is -0.384. The minimum Gasteiger partial charge on any atom is -0.341 e. The number of carbonyl (C=O) groups excluding carboxylic acids is 1. The van der Waals surface area contributed by atoms with Gasteiger partial charge in [0, 0.05) is 42.5 Å². The Labute approximate surface area is 171 Å². The van der Waals surface area contributed by atoms with Crippen LogP contribution in [-0.4, -0.2) is 38.9 Å². The molecular formula is C19H20N6O3S. The average Bonchev–Trinajstić information content (AvgIpc) is 3.08. The van der Waals surface area contributed by atoms with Crippen LogP contribution in [0.1, 0.15) is 24.2 Å². The number of anilines is 2. The topological polar surface area (TPSA) is 114 Å². The number of aromatic nitrogens is 3. The molecule has 1 N–H and O–H groups in total. The number of nitrogens with zero attached hydrogens (tertiary/aromatic N) is 5. The highest BCUT2D eigenvalue weighted by atomic mass is 32.1. The van der Waals surface area contributed by atoms with Gasteiger partial charge < -0.3 is 10.2 Å². The number of rotatable bonds is 4. The van der Waals surface area contributed by atoms with E-state index in [2.05, 4.69) is 25.2 Å². The molecule has 0 bridgehead atoms. The Hall–Kier alpha value is -3.14. The number of benzene rings is 1. The monoisotopic (exact) mass is 412 g/mol. The van der Waals surface area contributed by atoms with Gasteiger partial charge in [-0.2, -0.15) is 0 Å². The van der Waals surface area contributed by atoms with Crippen LogP contribution in [-0.2, 0) is 4.79 Å². The van der Waals surface area contributed by atoms with Crippen LogP contribution >= 0.6 is 11.3 Å². The Kier molecular flexibility index (Phi) is 5.10. The third-order valence-electron chi connectivity index (χ3n) is 4.93. The van der Waals surface area contributed by atoms with Crippen molar-refractivity contribution >= 4 is 44.2 Å². The zero-order valence-corrected chi connectivity index (χ0v) is 16.9. The van der Waals surface area contributed by atoms with Crippen molar-refractivity contribution in [1.29, 1.82) is 0 Å². The summed E-state index contributed by atoms with van der Waals surface area (Å²) in [6.07, 6.45) is 1.41. The molecule has 1 fully saturated rings. The number of thiazole rings is 1. The number of aryl methyl sites for hydroxylation is 2. The highest BCUT2D eigenvalue weighted by molar-refractivity contribution is 7.22. The van der Waals surface area contributed by atoms with Gasteiger partial charge in [-0.3, -0.25) is 14.9 Å². The van der Waals surface area contributed by atoms with E-state index in [1.165, 1.54) is 23.5 Å². The Balaban J connectivity index is 1.39. The van der Waals surface area contributed by atoms with E-state index < -0.39 is 4.92 Å². The SMILES string of the molecule is Cc1cc(C)nc(N2CCC(C(=O)Nc3nc4ccc([N+](=O)[O-])cc4s3)CC2)n1. The minimum atomic E-state index is -0.440. The first-order chi connectivity index (χ1) is 13.9. The largest absolute Gasteiger partial charge is 0.341 e. The number of piperidine rings is 1. The molecule has 0 aliphatic carbocycles. The summed E-state index contributed by atoms with van der Waals surface area (Å²) >= 11 is 1.24. The van der Waals surface area contributed by atoms with E-state index in [9.17, 15) is 14.9 Å². The van der Waals surface area contributed by atoms with Gasteiger partial charge in [0.25, 0.3) is 5.69 Å². The number of carbonyl (C=O) groups is 1. The summed E-state index contributed by atoms with van der Waals surface area (Å²) in [7, 11) is 0. The van der Waals surface area contributed by atoms with E-state index >= 15 is 0 Å². The lowest BCUT2D eigenvalue weighted by atomic mass is 9.96. The van der Waals surface area contributed by atoms with E-state index in [0.717, 1.165) is 11.4 Å². The van der Waals surface area contributed by atoms with Crippen LogP contribution in [0, 0.1) is 29.9 Å². The lowest BCUT2D eigenvalue weighted by Crippen LogP contribution is -2.39. The van der Waals surface area contributed by atoms with Gasteiger partial charge in [0.15, 0.2) is 5.13 Å². The predicted molar refractivity (Wildman–Crippen MR) is 111 cm³/mol. The maximum absolute atomic E-state index is 12.7. The van der Waals surface area contributed by atoms with Gasteiger partial charge in [0.05, 0.1) is 15.1 Å². The summed E-state index contributed by atoms with van der Waals surface area (Å²) in [6, 6.07) is 6.43. The Bertz CT molecular complexity index is 1070. The second kappa shape index (κ2) is 7.70. The maximum Gasteiger partial charge on any atom is 0.270 e. The van der Waals surface area contributed by atoms with Gasteiger partial charge in [-0.15, -0.1) is 0 Å². The predicted octanol–water partition coefficient (Wildman–Crippen LogP) is 3.47. The van der Waals surface area contributed by atoms with Crippen molar-refractivity contribution in [3.8, 4) is 0 Å². The van der Waals surface area contributed by atoms with Crippen LogP contribution in [0.15, 0.2) is 24.3 Å². The van der Waals surface area contributed by atoms with E-state index in [1.54, 1.807) is 6.07 Å². The summed E-state index contributed by atoms with van der Waals surface area (Å²) in [6.45, 7) is 5.33. The fourth-order valence-electron chi connectivity index (χ4n) is 3.48. The fraction of sp³-hybridized carbons (Fsp3) is 0.368. The van der Waals surface area contributed by atoms with Crippen molar-refractivity contribution < 1.29 is 9.72 Å². The molecule has 1 aromatic carbocycles. The molecule has 2 aromatic heterocycles. The van der Waals surface area contributed by atoms with Crippen LogP contribution in [0.4, 0.5) is 16.8 Å². The number of amides is 1. The van der Waals surface area contributed by atoms with Crippen LogP contribution in [0.2, 0.25) is 0 Å². The molecule has 9 nitrogen and oxygen atoms in total. The number of fused-ring (bicyclic) bond motifs is 1. The number of non-ortho nitro benzene ring substituents is 1. The van der Waals surface area contributed by atoms with Gasteiger partial charge in [-0.25, -0.2) is 15.0 Å². The molecule has 10 heteroatoms. The minimum absolute atomic E-state index is 0.0139. The second-order valence-corrected chi connectivity index (χ2v) is 8.16. The van der Waals surface area contributed by atoms with Gasteiger partial charge in [-0.05, 0) is 38.8 Å². The molecule has 150 valence electrons. The first-order valence-corrected chi connectivity index (χ1v) is 10.1. The van der Waals surface area contributed by atoms with Crippen molar-refractivity contribution in [1.82, 2.24) is 15.0 Å². The molecule has 0 unspecified atom stereocenters. The summed E-state index contributed by atoms with van der Waals surface area (Å²) < 4.78 is 0.677. The molecule has 0 saturated carbocycles. The molecule has 29 heavy (non-hydrogen) atoms. The Morgan fingerprint density at radius 3 is 2.52 bits per heavy atom. The second-order valence-electron chi connectivity index (χ2n) is 7.13. The van der Waals surface area contributed by atoms with Crippen molar-refractivity contribution in [3.63, 3.8) is 0 Å². The summed E-state index contributed by atoms with van der Waals surface area (Å²) in [5.41, 5.74) is 2.52. The van der Waals surface area contributed by atoms with Crippen molar-refractivity contribution in [2.24, 2.45) is 5.92 Å². The third kappa shape index (κ3) is 4.16. The van der Waals surface area contributed by atoms with Gasteiger partial charge in [0.2, 0.25) is 11.9 Å². The lowest BCUT2D eigenvalue weighted by Gasteiger charge is -2.31. The third-order valence-corrected chi connectivity index (χ3v) is 5.87. The first-order valence-electron chi connectivity index (χ1n) is 9.32. The highest BCUT2D eigenvalue weighted by Crippen LogP contribution is 2.30. The van der Waals surface area contributed by atoms with E-state index in [0.29, 0.717) is 47.2 Å². The summed E-state index contributed by atoms with van der Waals surface area (Å²) in [5, 5.41) is 14.2. The van der Waals surface area contributed by atoms with E-state index in [1.807, 2.05) is 19.9 Å². The van der Waals surface area contributed by atoms with Gasteiger partial charge >= 0.3 is 0 Å². The molecule has 3 heterocycles. The molecule has 1 aliphatic rings. The molecule has 1 amide bonds. The maximum atomic E-state index is 12.7. The van der Waals surface area contributed by atoms with E-state index in [4.69, 9.17) is 0 Å². The normalized spacial score (nSPS) is 14.9. The Morgan fingerprint density at radius 1 is 1.17 bits per heavy atom. The van der Waals surface area contributed by atoms with Gasteiger partial charge in [-0.1, -0.05) is 11.3 Å². The van der Waals surface area contributed by atoms with Crippen LogP contribution in [0.25, 0.3) is 10.2 Å². The number of nitro benzene ring substituents is 1. The van der Waals surface area contributed by atoms with Crippen molar-refractivity contribution in [3.05, 3.63) is 45.8 Å². The van der Waals surface area contributed by atoms with Crippen LogP contribution in [0.5, 0.6) is 0 Å². The van der Waals surface area contributed by atoms with Crippen molar-refractivity contribution in [2.45, 2.75) is 26.7 Å². The molecule has 0 atom stereocenters. The number of nitro groups is 1. The summed E-state index contributed by atoms with van der Waals surface area (Å²) in [4.78, 5) is 38.6. The first kappa shape index (κ1) is 19.2. The Morgan fingerprint density at radius 2 is 1.86 bits per heavy atom. The molecule has 3 aromatic rings. The molecule has 0 radical (unpaired) electrons. The standard InChI is InChI=1S/C19H20N6O3S/c1-11-9-12(2)21-18(20-11)24-7-5-13(6-8-24)17(26)23-19-22-15-4-3-14(25(27)28)10-16(15)29-19/h3-4,9-10,13H,5-8H2,1-2H3,(H,22,23,26). The molecule has 1 saturated heterocycles.